The van der Waals surface area contributed by atoms with Gasteiger partial charge in [-0.3, -0.25) is 9.58 Å². The van der Waals surface area contributed by atoms with Crippen molar-refractivity contribution in [2.45, 2.75) is 39.5 Å². The quantitative estimate of drug-likeness (QED) is 0.802. The van der Waals surface area contributed by atoms with E-state index in [2.05, 4.69) is 39.9 Å². The number of ether oxygens (including phenoxy) is 1. The zero-order valence-electron chi connectivity index (χ0n) is 12.1. The van der Waals surface area contributed by atoms with E-state index in [1.54, 1.807) is 0 Å². The van der Waals surface area contributed by atoms with Crippen LogP contribution in [0.25, 0.3) is 0 Å². The van der Waals surface area contributed by atoms with Crippen molar-refractivity contribution in [1.82, 2.24) is 20.0 Å². The third kappa shape index (κ3) is 4.30. The van der Waals surface area contributed by atoms with Crippen LogP contribution in [-0.2, 0) is 17.8 Å². The molecule has 5 nitrogen and oxygen atoms in total. The normalized spacial score (nSPS) is 20.8. The molecule has 0 saturated carbocycles. The highest BCUT2D eigenvalue weighted by atomic mass is 16.5. The molecule has 1 unspecified atom stereocenters. The highest BCUT2D eigenvalue weighted by Gasteiger charge is 2.18. The van der Waals surface area contributed by atoms with Gasteiger partial charge in [0.2, 0.25) is 0 Å². The number of nitrogens with zero attached hydrogens (tertiary/aromatic N) is 3. The van der Waals surface area contributed by atoms with Gasteiger partial charge in [0, 0.05) is 38.9 Å². The molecule has 5 heteroatoms. The van der Waals surface area contributed by atoms with Crippen LogP contribution in [0.2, 0.25) is 0 Å². The van der Waals surface area contributed by atoms with Gasteiger partial charge in [-0.2, -0.15) is 5.10 Å². The van der Waals surface area contributed by atoms with E-state index in [0.29, 0.717) is 6.10 Å². The van der Waals surface area contributed by atoms with Crippen LogP contribution in [0.15, 0.2) is 12.3 Å². The molecule has 1 aliphatic rings. The van der Waals surface area contributed by atoms with Gasteiger partial charge in [0.05, 0.1) is 18.4 Å². The van der Waals surface area contributed by atoms with Crippen molar-refractivity contribution >= 4 is 0 Å². The molecular weight excluding hydrogens is 240 g/mol. The lowest BCUT2D eigenvalue weighted by molar-refractivity contribution is -0.0254. The molecule has 1 saturated heterocycles. The molecular formula is C14H26N4O. The van der Waals surface area contributed by atoms with Gasteiger partial charge < -0.3 is 10.1 Å². The fourth-order valence-corrected chi connectivity index (χ4v) is 2.48. The minimum absolute atomic E-state index is 0.316. The summed E-state index contributed by atoms with van der Waals surface area (Å²) in [5.41, 5.74) is 1.25. The number of morpholine rings is 1. The zero-order chi connectivity index (χ0) is 13.5. The average molecular weight is 266 g/mol. The molecule has 2 rings (SSSR count). The maximum Gasteiger partial charge on any atom is 0.0826 e. The van der Waals surface area contributed by atoms with E-state index in [1.807, 2.05) is 6.20 Å². The Morgan fingerprint density at radius 3 is 3.16 bits per heavy atom. The van der Waals surface area contributed by atoms with Crippen molar-refractivity contribution in [3.8, 4) is 0 Å². The number of aromatic nitrogens is 2. The van der Waals surface area contributed by atoms with Crippen LogP contribution in [0.4, 0.5) is 0 Å². The highest BCUT2D eigenvalue weighted by molar-refractivity contribution is 5.00. The number of aryl methyl sites for hydroxylation is 1. The Hall–Kier alpha value is -0.910. The van der Waals surface area contributed by atoms with Crippen molar-refractivity contribution in [3.63, 3.8) is 0 Å². The molecule has 0 aliphatic carbocycles. The first-order valence-corrected chi connectivity index (χ1v) is 7.38. The summed E-state index contributed by atoms with van der Waals surface area (Å²) in [6.45, 7) is 11.2. The van der Waals surface area contributed by atoms with Crippen LogP contribution in [0.1, 0.15) is 26.0 Å². The Kier molecular flexibility index (Phi) is 5.82. The average Bonchev–Trinajstić information content (AvgIpc) is 2.87. The Labute approximate surface area is 115 Å². The van der Waals surface area contributed by atoms with Gasteiger partial charge in [0.25, 0.3) is 0 Å². The number of likely N-dealkylation sites (N-methyl/N-ethyl adjacent to an activating group) is 1. The highest BCUT2D eigenvalue weighted by Crippen LogP contribution is 2.05. The number of hydrogen-bond acceptors (Lipinski definition) is 4. The van der Waals surface area contributed by atoms with Crippen molar-refractivity contribution in [2.75, 3.05) is 32.8 Å². The Morgan fingerprint density at radius 1 is 1.47 bits per heavy atom. The Bertz CT molecular complexity index is 366. The predicted molar refractivity (Wildman–Crippen MR) is 76.1 cm³/mol. The molecule has 1 N–H and O–H groups in total. The molecule has 0 aromatic carbocycles. The zero-order valence-corrected chi connectivity index (χ0v) is 12.1. The van der Waals surface area contributed by atoms with Crippen LogP contribution < -0.4 is 5.32 Å². The molecule has 1 aromatic heterocycles. The van der Waals surface area contributed by atoms with Crippen LogP contribution in [-0.4, -0.2) is 53.6 Å². The summed E-state index contributed by atoms with van der Waals surface area (Å²) in [5, 5.41) is 7.82. The first-order chi connectivity index (χ1) is 9.33. The fourth-order valence-electron chi connectivity index (χ4n) is 2.48. The summed E-state index contributed by atoms with van der Waals surface area (Å²) in [7, 11) is 0. The molecule has 1 fully saturated rings. The van der Waals surface area contributed by atoms with Crippen LogP contribution in [0.5, 0.6) is 0 Å². The standard InChI is InChI=1S/C14H26N4O/c1-3-7-18-13(5-6-16-18)10-15-11-14-12-17(4-2)8-9-19-14/h5-6,14-15H,3-4,7-12H2,1-2H3. The lowest BCUT2D eigenvalue weighted by Gasteiger charge is -2.32. The third-order valence-electron chi connectivity index (χ3n) is 3.59. The van der Waals surface area contributed by atoms with E-state index < -0.39 is 0 Å². The van der Waals surface area contributed by atoms with Crippen molar-refractivity contribution in [3.05, 3.63) is 18.0 Å². The molecule has 1 aromatic rings. The third-order valence-corrected chi connectivity index (χ3v) is 3.59. The van der Waals surface area contributed by atoms with E-state index >= 15 is 0 Å². The molecule has 0 radical (unpaired) electrons. The van der Waals surface area contributed by atoms with Gasteiger partial charge in [0.1, 0.15) is 0 Å². The van der Waals surface area contributed by atoms with E-state index in [1.165, 1.54) is 5.69 Å². The van der Waals surface area contributed by atoms with Crippen LogP contribution in [0.3, 0.4) is 0 Å². The molecule has 1 atom stereocenters. The second kappa shape index (κ2) is 7.62. The van der Waals surface area contributed by atoms with Crippen LogP contribution in [0, 0.1) is 0 Å². The fraction of sp³-hybridized carbons (Fsp3) is 0.786. The van der Waals surface area contributed by atoms with Crippen LogP contribution >= 0.6 is 0 Å². The van der Waals surface area contributed by atoms with E-state index in [0.717, 1.165) is 52.3 Å². The number of nitrogens with one attached hydrogen (secondary N) is 1. The van der Waals surface area contributed by atoms with Crippen molar-refractivity contribution in [2.24, 2.45) is 0 Å². The molecule has 0 bridgehead atoms. The van der Waals surface area contributed by atoms with Gasteiger partial charge in [-0.15, -0.1) is 0 Å². The van der Waals surface area contributed by atoms with E-state index in [-0.39, 0.29) is 0 Å². The summed E-state index contributed by atoms with van der Waals surface area (Å²) in [6.07, 6.45) is 3.31. The smallest absolute Gasteiger partial charge is 0.0826 e. The molecule has 0 amide bonds. The minimum atomic E-state index is 0.316. The Morgan fingerprint density at radius 2 is 2.37 bits per heavy atom. The first kappa shape index (κ1) is 14.5. The van der Waals surface area contributed by atoms with Crippen molar-refractivity contribution < 1.29 is 4.74 Å². The largest absolute Gasteiger partial charge is 0.374 e. The molecule has 2 heterocycles. The predicted octanol–water partition coefficient (Wildman–Crippen LogP) is 1.10. The molecule has 1 aliphatic heterocycles. The second-order valence-electron chi connectivity index (χ2n) is 5.06. The summed E-state index contributed by atoms with van der Waals surface area (Å²) >= 11 is 0. The monoisotopic (exact) mass is 266 g/mol. The van der Waals surface area contributed by atoms with Gasteiger partial charge in [0.15, 0.2) is 0 Å². The maximum atomic E-state index is 5.78. The molecule has 19 heavy (non-hydrogen) atoms. The first-order valence-electron chi connectivity index (χ1n) is 7.38. The second-order valence-corrected chi connectivity index (χ2v) is 5.06. The SMILES string of the molecule is CCCn1nccc1CNCC1CN(CC)CCO1. The minimum Gasteiger partial charge on any atom is -0.374 e. The number of rotatable bonds is 7. The summed E-state index contributed by atoms with van der Waals surface area (Å²) in [4.78, 5) is 2.44. The van der Waals surface area contributed by atoms with Gasteiger partial charge >= 0.3 is 0 Å². The van der Waals surface area contributed by atoms with Gasteiger partial charge in [-0.05, 0) is 19.0 Å². The summed E-state index contributed by atoms with van der Waals surface area (Å²) < 4.78 is 7.86. The topological polar surface area (TPSA) is 42.3 Å². The van der Waals surface area contributed by atoms with E-state index in [9.17, 15) is 0 Å². The molecule has 0 spiro atoms. The summed E-state index contributed by atoms with van der Waals surface area (Å²) in [5.74, 6) is 0. The van der Waals surface area contributed by atoms with Gasteiger partial charge in [-0.25, -0.2) is 0 Å². The van der Waals surface area contributed by atoms with E-state index in [4.69, 9.17) is 4.74 Å². The lowest BCUT2D eigenvalue weighted by Crippen LogP contribution is -2.46. The summed E-state index contributed by atoms with van der Waals surface area (Å²) in [6, 6.07) is 2.09. The maximum absolute atomic E-state index is 5.78. The lowest BCUT2D eigenvalue weighted by atomic mass is 10.2. The molecule has 108 valence electrons. The Balaban J connectivity index is 1.72. The number of hydrogen-bond donors (Lipinski definition) is 1. The van der Waals surface area contributed by atoms with Crippen molar-refractivity contribution in [1.29, 1.82) is 0 Å². The van der Waals surface area contributed by atoms with Gasteiger partial charge in [-0.1, -0.05) is 13.8 Å².